The van der Waals surface area contributed by atoms with E-state index in [2.05, 4.69) is 25.9 Å². The second kappa shape index (κ2) is 6.68. The van der Waals surface area contributed by atoms with Gasteiger partial charge in [-0.3, -0.25) is 9.59 Å². The molecule has 0 amide bonds. The molecule has 0 aliphatic heterocycles. The smallest absolute Gasteiger partial charge is 0.139 e. The van der Waals surface area contributed by atoms with Gasteiger partial charge >= 0.3 is 0 Å². The van der Waals surface area contributed by atoms with Gasteiger partial charge in [0.1, 0.15) is 18.2 Å². The van der Waals surface area contributed by atoms with Crippen LogP contribution in [0.5, 0.6) is 0 Å². The number of rotatable bonds is 3. The van der Waals surface area contributed by atoms with Crippen molar-refractivity contribution in [3.63, 3.8) is 0 Å². The van der Waals surface area contributed by atoms with Gasteiger partial charge in [0.2, 0.25) is 0 Å². The normalized spacial score (nSPS) is 48.1. The summed E-state index contributed by atoms with van der Waals surface area (Å²) in [4.78, 5) is 31.1. The molecule has 0 bridgehead atoms. The van der Waals surface area contributed by atoms with Crippen LogP contribution in [0.25, 0.3) is 0 Å². The number of oxime groups is 1. The van der Waals surface area contributed by atoms with Crippen molar-refractivity contribution in [3.8, 4) is 0 Å². The molecule has 2 N–H and O–H groups in total. The number of nitrogens with two attached hydrogens (primary N) is 1. The van der Waals surface area contributed by atoms with E-state index in [1.165, 1.54) is 0 Å². The highest BCUT2D eigenvalue weighted by Gasteiger charge is 2.62. The van der Waals surface area contributed by atoms with Gasteiger partial charge in [-0.2, -0.15) is 0 Å². The van der Waals surface area contributed by atoms with E-state index in [1.54, 1.807) is 0 Å². The Morgan fingerprint density at radius 2 is 1.96 bits per heavy atom. The van der Waals surface area contributed by atoms with Crippen LogP contribution in [0.4, 0.5) is 0 Å². The van der Waals surface area contributed by atoms with E-state index in [4.69, 9.17) is 10.6 Å². The fourth-order valence-electron chi connectivity index (χ4n) is 7.30. The average Bonchev–Trinajstić information content (AvgIpc) is 2.92. The molecule has 0 aromatic carbocycles. The average molecular weight is 375 g/mol. The van der Waals surface area contributed by atoms with Gasteiger partial charge in [-0.15, -0.1) is 0 Å². The quantitative estimate of drug-likeness (QED) is 0.607. The molecule has 5 nitrogen and oxygen atoms in total. The summed E-state index contributed by atoms with van der Waals surface area (Å²) < 4.78 is 0. The summed E-state index contributed by atoms with van der Waals surface area (Å²) in [6, 6.07) is 0. The number of hydrogen-bond acceptors (Lipinski definition) is 5. The maximum atomic E-state index is 13.2. The molecule has 4 fully saturated rings. The standard InChI is InChI=1S/C22H34N2O3/c1-13-12-22(3)16-6-7-21(2)15(4-5-20(21)26)14(16)10-19(25)17(22)11-18(13)24-27-9-8-23/h13-17H,4-12,23H2,1-3H3/b24-18-/t13-,14?,15+,16?,17-,21+,22-/m1/s1. The van der Waals surface area contributed by atoms with Crippen LogP contribution < -0.4 is 5.73 Å². The molecule has 4 aliphatic carbocycles. The zero-order chi connectivity index (χ0) is 19.4. The molecule has 5 heteroatoms. The first-order chi connectivity index (χ1) is 12.8. The van der Waals surface area contributed by atoms with E-state index in [0.717, 1.165) is 37.8 Å². The fraction of sp³-hybridized carbons (Fsp3) is 0.864. The number of hydrogen-bond donors (Lipinski definition) is 1. The van der Waals surface area contributed by atoms with Crippen molar-refractivity contribution < 1.29 is 14.4 Å². The van der Waals surface area contributed by atoms with Crippen LogP contribution in [0.1, 0.15) is 65.7 Å². The Hall–Kier alpha value is -1.23. The Balaban J connectivity index is 1.61. The number of carbonyl (C=O) groups excluding carboxylic acids is 2. The maximum Gasteiger partial charge on any atom is 0.139 e. The number of carbonyl (C=O) groups is 2. The number of nitrogens with zero attached hydrogens (tertiary/aromatic N) is 1. The lowest BCUT2D eigenvalue weighted by Gasteiger charge is -2.59. The molecule has 27 heavy (non-hydrogen) atoms. The van der Waals surface area contributed by atoms with Crippen LogP contribution >= 0.6 is 0 Å². The summed E-state index contributed by atoms with van der Waals surface area (Å²) >= 11 is 0. The molecule has 4 saturated carbocycles. The minimum Gasteiger partial charge on any atom is -0.394 e. The minimum absolute atomic E-state index is 0.0271. The van der Waals surface area contributed by atoms with Gasteiger partial charge in [0.25, 0.3) is 0 Å². The summed E-state index contributed by atoms with van der Waals surface area (Å²) in [5, 5.41) is 4.33. The minimum atomic E-state index is -0.173. The Labute approximate surface area is 162 Å². The first-order valence-corrected chi connectivity index (χ1v) is 10.8. The SMILES string of the molecule is C[C@@H]1C[C@]2(C)C3CC[C@]4(C)C(=O)CC[C@H]4C3CC(=O)[C@H]2C/C1=N/OCCN. The third kappa shape index (κ3) is 2.80. The lowest BCUT2D eigenvalue weighted by Crippen LogP contribution is -2.57. The largest absolute Gasteiger partial charge is 0.394 e. The first-order valence-electron chi connectivity index (χ1n) is 10.8. The monoisotopic (exact) mass is 374 g/mol. The van der Waals surface area contributed by atoms with Crippen LogP contribution in [0.2, 0.25) is 0 Å². The van der Waals surface area contributed by atoms with Gasteiger partial charge in [0, 0.05) is 30.7 Å². The van der Waals surface area contributed by atoms with Gasteiger partial charge in [0.05, 0.1) is 5.71 Å². The molecule has 0 heterocycles. The molecule has 0 aromatic rings. The predicted octanol–water partition coefficient (Wildman–Crippen LogP) is 3.35. The van der Waals surface area contributed by atoms with Crippen molar-refractivity contribution in [1.82, 2.24) is 0 Å². The van der Waals surface area contributed by atoms with Crippen LogP contribution in [0, 0.1) is 40.4 Å². The molecule has 4 rings (SSSR count). The zero-order valence-corrected chi connectivity index (χ0v) is 17.0. The van der Waals surface area contributed by atoms with Gasteiger partial charge in [-0.05, 0) is 61.2 Å². The summed E-state index contributed by atoms with van der Waals surface area (Å²) in [6.07, 6.45) is 6.17. The third-order valence-electron chi connectivity index (χ3n) is 8.73. The Kier molecular flexibility index (Phi) is 4.73. The molecule has 4 aliphatic rings. The first kappa shape index (κ1) is 19.1. The van der Waals surface area contributed by atoms with Crippen molar-refractivity contribution in [2.75, 3.05) is 13.2 Å². The van der Waals surface area contributed by atoms with Gasteiger partial charge in [0.15, 0.2) is 0 Å². The summed E-state index contributed by atoms with van der Waals surface area (Å²) in [6.45, 7) is 7.61. The van der Waals surface area contributed by atoms with Gasteiger partial charge in [-0.25, -0.2) is 0 Å². The molecular formula is C22H34N2O3. The second-order valence-electron chi connectivity index (χ2n) is 10.0. The highest BCUT2D eigenvalue weighted by molar-refractivity contribution is 5.94. The highest BCUT2D eigenvalue weighted by Crippen LogP contribution is 2.64. The molecule has 0 aromatic heterocycles. The molecule has 0 spiro atoms. The van der Waals surface area contributed by atoms with E-state index in [9.17, 15) is 9.59 Å². The van der Waals surface area contributed by atoms with E-state index < -0.39 is 0 Å². The second-order valence-corrected chi connectivity index (χ2v) is 10.0. The lowest BCUT2D eigenvalue weighted by molar-refractivity contribution is -0.153. The van der Waals surface area contributed by atoms with Crippen molar-refractivity contribution in [3.05, 3.63) is 0 Å². The molecule has 7 atom stereocenters. The van der Waals surface area contributed by atoms with E-state index in [1.807, 2.05) is 0 Å². The van der Waals surface area contributed by atoms with Crippen molar-refractivity contribution >= 4 is 17.3 Å². The summed E-state index contributed by atoms with van der Waals surface area (Å²) in [7, 11) is 0. The fourth-order valence-corrected chi connectivity index (χ4v) is 7.30. The molecule has 2 unspecified atom stereocenters. The van der Waals surface area contributed by atoms with E-state index >= 15 is 0 Å². The third-order valence-corrected chi connectivity index (χ3v) is 8.73. The topological polar surface area (TPSA) is 81.8 Å². The zero-order valence-electron chi connectivity index (χ0n) is 17.0. The van der Waals surface area contributed by atoms with Crippen LogP contribution in [-0.2, 0) is 14.4 Å². The van der Waals surface area contributed by atoms with Crippen molar-refractivity contribution in [1.29, 1.82) is 0 Å². The number of fused-ring (bicyclic) bond motifs is 5. The van der Waals surface area contributed by atoms with Crippen LogP contribution in [0.3, 0.4) is 0 Å². The molecular weight excluding hydrogens is 340 g/mol. The Bertz CT molecular complexity index is 674. The molecule has 150 valence electrons. The number of ketones is 2. The lowest BCUT2D eigenvalue weighted by atomic mass is 9.44. The molecule has 0 radical (unpaired) electrons. The van der Waals surface area contributed by atoms with E-state index in [0.29, 0.717) is 61.2 Å². The van der Waals surface area contributed by atoms with Crippen molar-refractivity contribution in [2.24, 2.45) is 51.3 Å². The van der Waals surface area contributed by atoms with Crippen LogP contribution in [0.15, 0.2) is 5.16 Å². The number of Topliss-reactive ketones (excluding diaryl/α,β-unsaturated/α-hetero) is 2. The van der Waals surface area contributed by atoms with E-state index in [-0.39, 0.29) is 16.7 Å². The van der Waals surface area contributed by atoms with Gasteiger partial charge in [-0.1, -0.05) is 25.9 Å². The molecule has 0 saturated heterocycles. The highest BCUT2D eigenvalue weighted by atomic mass is 16.6. The summed E-state index contributed by atoms with van der Waals surface area (Å²) in [5.41, 5.74) is 6.37. The Morgan fingerprint density at radius 1 is 1.19 bits per heavy atom. The maximum absolute atomic E-state index is 13.2. The van der Waals surface area contributed by atoms with Crippen molar-refractivity contribution in [2.45, 2.75) is 65.7 Å². The van der Waals surface area contributed by atoms with Crippen LogP contribution in [-0.4, -0.2) is 30.4 Å². The Morgan fingerprint density at radius 3 is 2.70 bits per heavy atom. The predicted molar refractivity (Wildman–Crippen MR) is 104 cm³/mol. The van der Waals surface area contributed by atoms with Gasteiger partial charge < -0.3 is 10.6 Å². The summed E-state index contributed by atoms with van der Waals surface area (Å²) in [5.74, 6) is 2.56.